The molecule has 0 spiro atoms. The average molecular weight is 308 g/mol. The summed E-state index contributed by atoms with van der Waals surface area (Å²) in [7, 11) is 1.24. The topological polar surface area (TPSA) is 99.0 Å². The molecule has 0 radical (unpaired) electrons. The third kappa shape index (κ3) is 3.00. The summed E-state index contributed by atoms with van der Waals surface area (Å²) in [5.74, 6) is -1.09. The van der Waals surface area contributed by atoms with Gasteiger partial charge in [0.05, 0.1) is 30.6 Å². The van der Waals surface area contributed by atoms with Gasteiger partial charge in [-0.25, -0.2) is 0 Å². The zero-order chi connectivity index (χ0) is 16.3. The first-order valence-electron chi connectivity index (χ1n) is 6.77. The molecule has 0 aromatic heterocycles. The molecule has 1 atom stereocenters. The first kappa shape index (κ1) is 15.7. The number of carbonyl (C=O) groups excluding carboxylic acids is 2. The number of benzene rings is 1. The molecule has 1 aromatic rings. The van der Waals surface area contributed by atoms with E-state index < -0.39 is 16.8 Å². The van der Waals surface area contributed by atoms with Crippen LogP contribution in [0.25, 0.3) is 0 Å². The Kier molecular flexibility index (Phi) is 4.59. The van der Waals surface area contributed by atoms with Gasteiger partial charge in [-0.3, -0.25) is 19.7 Å². The van der Waals surface area contributed by atoms with Crippen molar-refractivity contribution in [2.45, 2.75) is 13.3 Å². The van der Waals surface area contributed by atoms with E-state index in [1.165, 1.54) is 24.1 Å². The van der Waals surface area contributed by atoms with Crippen molar-refractivity contribution in [1.29, 1.82) is 0 Å². The van der Waals surface area contributed by atoms with Gasteiger partial charge < -0.3 is 14.4 Å². The fourth-order valence-electron chi connectivity index (χ4n) is 2.40. The Morgan fingerprint density at radius 1 is 1.50 bits per heavy atom. The maximum Gasteiger partial charge on any atom is 0.311 e. The Labute approximate surface area is 126 Å². The van der Waals surface area contributed by atoms with Gasteiger partial charge in [-0.2, -0.15) is 0 Å². The van der Waals surface area contributed by atoms with Crippen LogP contribution in [0.4, 0.5) is 11.4 Å². The van der Waals surface area contributed by atoms with Crippen LogP contribution in [0.5, 0.6) is 5.75 Å². The zero-order valence-corrected chi connectivity index (χ0v) is 12.3. The van der Waals surface area contributed by atoms with Crippen molar-refractivity contribution in [2.75, 3.05) is 25.2 Å². The lowest BCUT2D eigenvalue weighted by atomic mass is 10.1. The highest BCUT2D eigenvalue weighted by Crippen LogP contribution is 2.35. The smallest absolute Gasteiger partial charge is 0.311 e. The molecule has 8 nitrogen and oxygen atoms in total. The molecule has 0 bridgehead atoms. The number of nitro benzene ring substituents is 1. The van der Waals surface area contributed by atoms with E-state index in [-0.39, 0.29) is 30.2 Å². The van der Waals surface area contributed by atoms with Crippen molar-refractivity contribution in [1.82, 2.24) is 0 Å². The molecule has 0 saturated carbocycles. The number of amides is 1. The highest BCUT2D eigenvalue weighted by atomic mass is 16.6. The second-order valence-corrected chi connectivity index (χ2v) is 4.77. The van der Waals surface area contributed by atoms with Gasteiger partial charge in [0.1, 0.15) is 11.4 Å². The predicted octanol–water partition coefficient (Wildman–Crippen LogP) is 1.52. The largest absolute Gasteiger partial charge is 0.494 e. The predicted molar refractivity (Wildman–Crippen MR) is 76.7 cm³/mol. The molecule has 0 aliphatic carbocycles. The molecule has 1 fully saturated rings. The molecule has 0 unspecified atom stereocenters. The van der Waals surface area contributed by atoms with E-state index in [1.807, 2.05) is 0 Å². The summed E-state index contributed by atoms with van der Waals surface area (Å²) in [5.41, 5.74) is -0.0744. The first-order chi connectivity index (χ1) is 10.5. The number of hydrogen-bond donors (Lipinski definition) is 0. The number of anilines is 1. The van der Waals surface area contributed by atoms with Crippen LogP contribution in [0.2, 0.25) is 0 Å². The summed E-state index contributed by atoms with van der Waals surface area (Å²) in [5, 5.41) is 11.2. The third-order valence-corrected chi connectivity index (χ3v) is 3.40. The normalized spacial score (nSPS) is 17.5. The van der Waals surface area contributed by atoms with Crippen LogP contribution < -0.4 is 9.64 Å². The van der Waals surface area contributed by atoms with Crippen molar-refractivity contribution >= 4 is 23.3 Å². The summed E-state index contributed by atoms with van der Waals surface area (Å²) in [6.45, 7) is 2.22. The minimum atomic E-state index is -0.608. The van der Waals surface area contributed by atoms with Gasteiger partial charge in [-0.05, 0) is 19.1 Å². The van der Waals surface area contributed by atoms with Crippen LogP contribution in [0, 0.1) is 16.0 Å². The van der Waals surface area contributed by atoms with E-state index in [0.717, 1.165) is 0 Å². The van der Waals surface area contributed by atoms with Crippen molar-refractivity contribution in [3.8, 4) is 5.75 Å². The van der Waals surface area contributed by atoms with Crippen molar-refractivity contribution in [2.24, 2.45) is 5.92 Å². The minimum Gasteiger partial charge on any atom is -0.494 e. The first-order valence-corrected chi connectivity index (χ1v) is 6.77. The molecule has 0 N–H and O–H groups in total. The Bertz CT molecular complexity index is 615. The second kappa shape index (κ2) is 6.42. The van der Waals surface area contributed by atoms with Gasteiger partial charge in [0.2, 0.25) is 5.91 Å². The second-order valence-electron chi connectivity index (χ2n) is 4.77. The molecule has 1 aliphatic rings. The fourth-order valence-corrected chi connectivity index (χ4v) is 2.40. The van der Waals surface area contributed by atoms with Gasteiger partial charge in [0.25, 0.3) is 5.69 Å². The molecule has 1 aliphatic heterocycles. The van der Waals surface area contributed by atoms with Crippen LogP contribution in [0.1, 0.15) is 13.3 Å². The number of methoxy groups -OCH3 is 1. The third-order valence-electron chi connectivity index (χ3n) is 3.40. The molecular weight excluding hydrogens is 292 g/mol. The van der Waals surface area contributed by atoms with E-state index in [1.54, 1.807) is 13.0 Å². The number of carbonyl (C=O) groups is 2. The average Bonchev–Trinajstić information content (AvgIpc) is 2.88. The Morgan fingerprint density at radius 2 is 2.23 bits per heavy atom. The molecule has 1 aromatic carbocycles. The summed E-state index contributed by atoms with van der Waals surface area (Å²) >= 11 is 0. The lowest BCUT2D eigenvalue weighted by Gasteiger charge is -2.17. The molecular formula is C14H16N2O6. The minimum absolute atomic E-state index is 0.0168. The van der Waals surface area contributed by atoms with E-state index in [9.17, 15) is 19.7 Å². The highest BCUT2D eigenvalue weighted by molar-refractivity contribution is 6.01. The van der Waals surface area contributed by atoms with Gasteiger partial charge in [-0.15, -0.1) is 0 Å². The zero-order valence-electron chi connectivity index (χ0n) is 12.3. The van der Waals surface area contributed by atoms with Crippen molar-refractivity contribution in [3.63, 3.8) is 0 Å². The summed E-state index contributed by atoms with van der Waals surface area (Å²) in [4.78, 5) is 35.5. The van der Waals surface area contributed by atoms with Gasteiger partial charge >= 0.3 is 5.97 Å². The van der Waals surface area contributed by atoms with E-state index in [2.05, 4.69) is 4.74 Å². The van der Waals surface area contributed by atoms with Gasteiger partial charge in [-0.1, -0.05) is 0 Å². The SMILES string of the molecule is CCOc1ccc(N2C[C@@H](C(=O)OC)CC2=O)c([N+](=O)[O-])c1. The van der Waals surface area contributed by atoms with E-state index in [0.29, 0.717) is 12.4 Å². The fraction of sp³-hybridized carbons (Fsp3) is 0.429. The Morgan fingerprint density at radius 3 is 2.82 bits per heavy atom. The number of hydrogen-bond acceptors (Lipinski definition) is 6. The molecule has 22 heavy (non-hydrogen) atoms. The quantitative estimate of drug-likeness (QED) is 0.464. The van der Waals surface area contributed by atoms with Gasteiger partial charge in [0, 0.05) is 13.0 Å². The maximum atomic E-state index is 12.1. The van der Waals surface area contributed by atoms with Crippen LogP contribution >= 0.6 is 0 Å². The summed E-state index contributed by atoms with van der Waals surface area (Å²) < 4.78 is 9.86. The molecule has 8 heteroatoms. The number of ether oxygens (including phenoxy) is 2. The number of rotatable bonds is 5. The highest BCUT2D eigenvalue weighted by Gasteiger charge is 2.38. The Balaban J connectivity index is 2.34. The summed E-state index contributed by atoms with van der Waals surface area (Å²) in [6.07, 6.45) is -0.0168. The van der Waals surface area contributed by atoms with Gasteiger partial charge in [0.15, 0.2) is 0 Å². The standard InChI is InChI=1S/C14H16N2O6/c1-3-22-10-4-5-11(12(7-10)16(19)20)15-8-9(6-13(15)17)14(18)21-2/h4-5,7,9H,3,6,8H2,1-2H3/t9-/m0/s1. The number of nitro groups is 1. The van der Waals surface area contributed by atoms with Crippen molar-refractivity contribution < 1.29 is 24.0 Å². The monoisotopic (exact) mass is 308 g/mol. The lowest BCUT2D eigenvalue weighted by molar-refractivity contribution is -0.384. The number of esters is 1. The maximum absolute atomic E-state index is 12.1. The molecule has 1 amide bonds. The molecule has 1 saturated heterocycles. The van der Waals surface area contributed by atoms with Crippen LogP contribution in [-0.4, -0.2) is 37.1 Å². The molecule has 1 heterocycles. The van der Waals surface area contributed by atoms with E-state index in [4.69, 9.17) is 4.74 Å². The molecule has 118 valence electrons. The van der Waals surface area contributed by atoms with Crippen LogP contribution in [0.3, 0.4) is 0 Å². The lowest BCUT2D eigenvalue weighted by Crippen LogP contribution is -2.26. The number of nitrogens with zero attached hydrogens (tertiary/aromatic N) is 2. The Hall–Kier alpha value is -2.64. The molecule has 2 rings (SSSR count). The van der Waals surface area contributed by atoms with E-state index >= 15 is 0 Å². The summed E-state index contributed by atoms with van der Waals surface area (Å²) in [6, 6.07) is 4.29. The van der Waals surface area contributed by atoms with Crippen LogP contribution in [0.15, 0.2) is 18.2 Å². The van der Waals surface area contributed by atoms with Crippen molar-refractivity contribution in [3.05, 3.63) is 28.3 Å². The van der Waals surface area contributed by atoms with Crippen LogP contribution in [-0.2, 0) is 14.3 Å².